The maximum absolute atomic E-state index is 12.4. The van der Waals surface area contributed by atoms with Gasteiger partial charge in [-0.25, -0.2) is 0 Å². The lowest BCUT2D eigenvalue weighted by Gasteiger charge is -2.16. The number of carbonyl (C=O) groups is 1. The molecular weight excluding hydrogens is 340 g/mol. The molecule has 0 saturated carbocycles. The Hall–Kier alpha value is -3.02. The van der Waals surface area contributed by atoms with Crippen LogP contribution in [0.1, 0.15) is 49.1 Å². The topological polar surface area (TPSA) is 72.1 Å². The molecule has 27 heavy (non-hydrogen) atoms. The summed E-state index contributed by atoms with van der Waals surface area (Å²) >= 11 is 0. The number of pyridine rings is 1. The highest BCUT2D eigenvalue weighted by Crippen LogP contribution is 2.29. The largest absolute Gasteiger partial charge is 0.339 e. The fourth-order valence-corrected chi connectivity index (χ4v) is 3.32. The summed E-state index contributed by atoms with van der Waals surface area (Å²) in [6.45, 7) is 5.55. The minimum Gasteiger partial charge on any atom is -0.339 e. The van der Waals surface area contributed by atoms with Crippen molar-refractivity contribution in [2.24, 2.45) is 0 Å². The minimum absolute atomic E-state index is 0.0719. The highest BCUT2D eigenvalue weighted by Gasteiger charge is 2.34. The molecule has 1 unspecified atom stereocenters. The summed E-state index contributed by atoms with van der Waals surface area (Å²) in [6.07, 6.45) is 2.09. The molecule has 1 aliphatic rings. The zero-order chi connectivity index (χ0) is 18.8. The molecule has 138 valence electrons. The number of hydrogen-bond acceptors (Lipinski definition) is 5. The molecule has 6 heteroatoms. The third kappa shape index (κ3) is 3.74. The molecule has 0 bridgehead atoms. The van der Waals surface area contributed by atoms with Crippen LogP contribution >= 0.6 is 0 Å². The van der Waals surface area contributed by atoms with E-state index >= 15 is 0 Å². The number of nitrogens with zero attached hydrogens (tertiary/aromatic N) is 4. The number of rotatable bonds is 5. The zero-order valence-electron chi connectivity index (χ0n) is 15.5. The molecule has 1 amide bonds. The molecule has 2 aromatic heterocycles. The second kappa shape index (κ2) is 7.31. The van der Waals surface area contributed by atoms with Crippen LogP contribution in [0.5, 0.6) is 0 Å². The zero-order valence-corrected chi connectivity index (χ0v) is 15.5. The SMILES string of the molecule is CC(C)c1ccc(CN2CC(c3nc(-c4ccccn4)no3)CC2=O)cc1. The van der Waals surface area contributed by atoms with Crippen LogP contribution in [-0.4, -0.2) is 32.5 Å². The average molecular weight is 362 g/mol. The molecule has 3 heterocycles. The van der Waals surface area contributed by atoms with Crippen LogP contribution in [0.3, 0.4) is 0 Å². The van der Waals surface area contributed by atoms with Gasteiger partial charge in [0.15, 0.2) is 0 Å². The second-order valence-corrected chi connectivity index (χ2v) is 7.24. The van der Waals surface area contributed by atoms with Crippen LogP contribution in [0.4, 0.5) is 0 Å². The summed E-state index contributed by atoms with van der Waals surface area (Å²) in [5.74, 6) is 1.51. The molecule has 0 spiro atoms. The van der Waals surface area contributed by atoms with Crippen molar-refractivity contribution in [3.63, 3.8) is 0 Å². The molecule has 0 N–H and O–H groups in total. The Balaban J connectivity index is 1.44. The molecule has 1 aliphatic heterocycles. The van der Waals surface area contributed by atoms with E-state index in [9.17, 15) is 4.79 Å². The third-order valence-electron chi connectivity index (χ3n) is 4.92. The standard InChI is InChI=1S/C21H22N4O2/c1-14(2)16-8-6-15(7-9-16)12-25-13-17(11-19(25)26)21-23-20(24-27-21)18-5-3-4-10-22-18/h3-10,14,17H,11-13H2,1-2H3. The predicted octanol–water partition coefficient (Wildman–Crippen LogP) is 3.77. The van der Waals surface area contributed by atoms with E-state index in [4.69, 9.17) is 4.52 Å². The lowest BCUT2D eigenvalue weighted by Crippen LogP contribution is -2.24. The van der Waals surface area contributed by atoms with Crippen molar-refractivity contribution in [1.82, 2.24) is 20.0 Å². The van der Waals surface area contributed by atoms with E-state index in [-0.39, 0.29) is 11.8 Å². The van der Waals surface area contributed by atoms with Gasteiger partial charge in [0.1, 0.15) is 5.69 Å². The fraction of sp³-hybridized carbons (Fsp3) is 0.333. The summed E-state index contributed by atoms with van der Waals surface area (Å²) in [6, 6.07) is 14.0. The van der Waals surface area contributed by atoms with Crippen LogP contribution in [0.25, 0.3) is 11.5 Å². The van der Waals surface area contributed by atoms with Crippen LogP contribution < -0.4 is 0 Å². The van der Waals surface area contributed by atoms with Gasteiger partial charge in [0, 0.05) is 25.7 Å². The fourth-order valence-electron chi connectivity index (χ4n) is 3.32. The average Bonchev–Trinajstić information content (AvgIpc) is 3.30. The summed E-state index contributed by atoms with van der Waals surface area (Å²) in [7, 11) is 0. The Kier molecular flexibility index (Phi) is 4.71. The van der Waals surface area contributed by atoms with Gasteiger partial charge in [0.05, 0.1) is 5.92 Å². The molecule has 1 aromatic carbocycles. The third-order valence-corrected chi connectivity index (χ3v) is 4.92. The molecule has 4 rings (SSSR count). The van der Waals surface area contributed by atoms with Crippen molar-refractivity contribution in [2.45, 2.75) is 38.6 Å². The molecule has 6 nitrogen and oxygen atoms in total. The van der Waals surface area contributed by atoms with Gasteiger partial charge >= 0.3 is 0 Å². The van der Waals surface area contributed by atoms with E-state index in [1.165, 1.54) is 5.56 Å². The van der Waals surface area contributed by atoms with Gasteiger partial charge in [0.2, 0.25) is 17.6 Å². The quantitative estimate of drug-likeness (QED) is 0.691. The van der Waals surface area contributed by atoms with E-state index in [2.05, 4.69) is 53.2 Å². The molecule has 0 radical (unpaired) electrons. The number of hydrogen-bond donors (Lipinski definition) is 0. The van der Waals surface area contributed by atoms with Gasteiger partial charge in [-0.15, -0.1) is 0 Å². The van der Waals surface area contributed by atoms with E-state index in [0.29, 0.717) is 42.8 Å². The maximum Gasteiger partial charge on any atom is 0.232 e. The van der Waals surface area contributed by atoms with Gasteiger partial charge in [-0.3, -0.25) is 9.78 Å². The first kappa shape index (κ1) is 17.4. The molecular formula is C21H22N4O2. The van der Waals surface area contributed by atoms with Crippen molar-refractivity contribution in [3.8, 4) is 11.5 Å². The highest BCUT2D eigenvalue weighted by atomic mass is 16.5. The van der Waals surface area contributed by atoms with Crippen molar-refractivity contribution in [1.29, 1.82) is 0 Å². The van der Waals surface area contributed by atoms with Crippen LogP contribution in [0.2, 0.25) is 0 Å². The Morgan fingerprint density at radius 3 is 2.70 bits per heavy atom. The van der Waals surface area contributed by atoms with E-state index < -0.39 is 0 Å². The summed E-state index contributed by atoms with van der Waals surface area (Å²) in [5, 5.41) is 4.01. The Morgan fingerprint density at radius 1 is 1.19 bits per heavy atom. The first-order valence-electron chi connectivity index (χ1n) is 9.22. The van der Waals surface area contributed by atoms with Crippen LogP contribution in [-0.2, 0) is 11.3 Å². The van der Waals surface area contributed by atoms with Gasteiger partial charge in [0.25, 0.3) is 0 Å². The van der Waals surface area contributed by atoms with Gasteiger partial charge in [-0.2, -0.15) is 4.98 Å². The normalized spacial score (nSPS) is 17.1. The van der Waals surface area contributed by atoms with Gasteiger partial charge in [-0.05, 0) is 29.2 Å². The monoisotopic (exact) mass is 362 g/mol. The predicted molar refractivity (Wildman–Crippen MR) is 101 cm³/mol. The van der Waals surface area contributed by atoms with Crippen LogP contribution in [0.15, 0.2) is 53.2 Å². The number of amides is 1. The minimum atomic E-state index is -0.0719. The van der Waals surface area contributed by atoms with Gasteiger partial charge < -0.3 is 9.42 Å². The second-order valence-electron chi connectivity index (χ2n) is 7.24. The van der Waals surface area contributed by atoms with E-state index in [1.807, 2.05) is 23.1 Å². The maximum atomic E-state index is 12.4. The summed E-state index contributed by atoms with van der Waals surface area (Å²) in [5.41, 5.74) is 3.10. The number of aromatic nitrogens is 3. The first-order chi connectivity index (χ1) is 13.1. The number of carbonyl (C=O) groups excluding carboxylic acids is 1. The number of benzene rings is 1. The van der Waals surface area contributed by atoms with Crippen molar-refractivity contribution >= 4 is 5.91 Å². The Morgan fingerprint density at radius 2 is 2.00 bits per heavy atom. The van der Waals surface area contributed by atoms with Crippen molar-refractivity contribution in [2.75, 3.05) is 6.54 Å². The number of likely N-dealkylation sites (tertiary alicyclic amines) is 1. The lowest BCUT2D eigenvalue weighted by molar-refractivity contribution is -0.128. The smallest absolute Gasteiger partial charge is 0.232 e. The Bertz CT molecular complexity index is 919. The van der Waals surface area contributed by atoms with Gasteiger partial charge in [-0.1, -0.05) is 49.3 Å². The summed E-state index contributed by atoms with van der Waals surface area (Å²) < 4.78 is 5.41. The van der Waals surface area contributed by atoms with Crippen molar-refractivity contribution < 1.29 is 9.32 Å². The van der Waals surface area contributed by atoms with Crippen LogP contribution in [0, 0.1) is 0 Å². The molecule has 1 atom stereocenters. The molecule has 1 fully saturated rings. The highest BCUT2D eigenvalue weighted by molar-refractivity contribution is 5.79. The van der Waals surface area contributed by atoms with E-state index in [1.54, 1.807) is 6.20 Å². The molecule has 1 saturated heterocycles. The lowest BCUT2D eigenvalue weighted by atomic mass is 10.0. The van der Waals surface area contributed by atoms with E-state index in [0.717, 1.165) is 5.56 Å². The van der Waals surface area contributed by atoms with Crippen molar-refractivity contribution in [3.05, 3.63) is 65.7 Å². The summed E-state index contributed by atoms with van der Waals surface area (Å²) in [4.78, 5) is 23.0. The Labute approximate surface area is 158 Å². The first-order valence-corrected chi connectivity index (χ1v) is 9.22. The molecule has 0 aliphatic carbocycles. The molecule has 3 aromatic rings.